The second-order valence-corrected chi connectivity index (χ2v) is 5.26. The summed E-state index contributed by atoms with van der Waals surface area (Å²) >= 11 is 0. The van der Waals surface area contributed by atoms with E-state index in [1.807, 2.05) is 0 Å². The van der Waals surface area contributed by atoms with E-state index in [4.69, 9.17) is 10.5 Å². The number of nitrogens with two attached hydrogens (primary N) is 1. The average molecular weight is 227 g/mol. The van der Waals surface area contributed by atoms with Gasteiger partial charge in [0.15, 0.2) is 0 Å². The Morgan fingerprint density at radius 1 is 1.06 bits per heavy atom. The van der Waals surface area contributed by atoms with Gasteiger partial charge in [0.1, 0.15) is 0 Å². The van der Waals surface area contributed by atoms with E-state index < -0.39 is 0 Å². The van der Waals surface area contributed by atoms with Gasteiger partial charge < -0.3 is 10.5 Å². The van der Waals surface area contributed by atoms with Gasteiger partial charge in [-0.15, -0.1) is 0 Å². The van der Waals surface area contributed by atoms with Crippen LogP contribution in [-0.4, -0.2) is 18.2 Å². The summed E-state index contributed by atoms with van der Waals surface area (Å²) in [7, 11) is 0. The molecule has 0 saturated heterocycles. The lowest BCUT2D eigenvalue weighted by molar-refractivity contribution is -0.108. The van der Waals surface area contributed by atoms with E-state index in [1.54, 1.807) is 0 Å². The van der Waals surface area contributed by atoms with E-state index in [0.29, 0.717) is 12.6 Å². The summed E-state index contributed by atoms with van der Waals surface area (Å²) in [5, 5.41) is 0. The molecule has 2 nitrogen and oxygen atoms in total. The fraction of sp³-hybridized carbons (Fsp3) is 1.00. The Balaban J connectivity index is 2.42. The third kappa shape index (κ3) is 3.46. The van der Waals surface area contributed by atoms with Gasteiger partial charge in [-0.05, 0) is 44.4 Å². The van der Waals surface area contributed by atoms with Gasteiger partial charge in [-0.1, -0.05) is 27.2 Å². The summed E-state index contributed by atoms with van der Waals surface area (Å²) in [5.41, 5.74) is 5.82. The van der Waals surface area contributed by atoms with Crippen LogP contribution in [0.5, 0.6) is 0 Å². The number of ether oxygens (including phenoxy) is 1. The molecule has 0 spiro atoms. The van der Waals surface area contributed by atoms with Gasteiger partial charge in [0.25, 0.3) is 0 Å². The van der Waals surface area contributed by atoms with Crippen LogP contribution in [0.25, 0.3) is 0 Å². The van der Waals surface area contributed by atoms with E-state index in [-0.39, 0.29) is 5.60 Å². The monoisotopic (exact) mass is 227 g/mol. The van der Waals surface area contributed by atoms with E-state index in [0.717, 1.165) is 18.8 Å². The van der Waals surface area contributed by atoms with Crippen LogP contribution in [0.4, 0.5) is 0 Å². The zero-order valence-corrected chi connectivity index (χ0v) is 11.3. The highest BCUT2D eigenvalue weighted by molar-refractivity contribution is 4.82. The molecule has 0 aliphatic heterocycles. The zero-order valence-electron chi connectivity index (χ0n) is 11.3. The summed E-state index contributed by atoms with van der Waals surface area (Å²) in [6.45, 7) is 7.34. The standard InChI is InChI=1S/C14H29NO/c1-4-12-7-9-13(10-8-12)16-14(5-2,6-3)11-15/h12-13H,4-11,15H2,1-3H3. The number of hydrogen-bond acceptors (Lipinski definition) is 2. The predicted molar refractivity (Wildman–Crippen MR) is 69.5 cm³/mol. The van der Waals surface area contributed by atoms with Gasteiger partial charge in [-0.25, -0.2) is 0 Å². The third-order valence-corrected chi connectivity index (χ3v) is 4.45. The van der Waals surface area contributed by atoms with Crippen LogP contribution in [0.15, 0.2) is 0 Å². The molecule has 1 aliphatic rings. The molecule has 0 aromatic rings. The predicted octanol–water partition coefficient (Wildman–Crippen LogP) is 3.49. The minimum Gasteiger partial charge on any atom is -0.370 e. The largest absolute Gasteiger partial charge is 0.370 e. The minimum absolute atomic E-state index is 0.0519. The van der Waals surface area contributed by atoms with Crippen molar-refractivity contribution < 1.29 is 4.74 Å². The summed E-state index contributed by atoms with van der Waals surface area (Å²) in [6.07, 6.45) is 9.02. The molecule has 0 unspecified atom stereocenters. The van der Waals surface area contributed by atoms with Crippen LogP contribution >= 0.6 is 0 Å². The maximum Gasteiger partial charge on any atom is 0.0802 e. The molecule has 0 radical (unpaired) electrons. The molecule has 0 aromatic carbocycles. The first kappa shape index (κ1) is 14.0. The lowest BCUT2D eigenvalue weighted by Crippen LogP contribution is -2.43. The van der Waals surface area contributed by atoms with Crippen molar-refractivity contribution in [2.24, 2.45) is 11.7 Å². The van der Waals surface area contributed by atoms with Gasteiger partial charge in [0, 0.05) is 6.54 Å². The van der Waals surface area contributed by atoms with Gasteiger partial charge in [0.05, 0.1) is 11.7 Å². The van der Waals surface area contributed by atoms with E-state index in [2.05, 4.69) is 20.8 Å². The first-order chi connectivity index (χ1) is 7.69. The quantitative estimate of drug-likeness (QED) is 0.754. The van der Waals surface area contributed by atoms with Gasteiger partial charge in [0.2, 0.25) is 0 Å². The van der Waals surface area contributed by atoms with Crippen molar-refractivity contribution >= 4 is 0 Å². The Morgan fingerprint density at radius 2 is 1.62 bits per heavy atom. The van der Waals surface area contributed by atoms with Crippen molar-refractivity contribution in [1.29, 1.82) is 0 Å². The highest BCUT2D eigenvalue weighted by Gasteiger charge is 2.31. The lowest BCUT2D eigenvalue weighted by Gasteiger charge is -2.38. The van der Waals surface area contributed by atoms with Crippen molar-refractivity contribution in [3.05, 3.63) is 0 Å². The van der Waals surface area contributed by atoms with Crippen molar-refractivity contribution in [2.45, 2.75) is 77.4 Å². The molecule has 0 atom stereocenters. The second kappa shape index (κ2) is 6.61. The van der Waals surface area contributed by atoms with Gasteiger partial charge in [-0.3, -0.25) is 0 Å². The maximum atomic E-state index is 6.29. The van der Waals surface area contributed by atoms with Crippen molar-refractivity contribution in [3.63, 3.8) is 0 Å². The molecular weight excluding hydrogens is 198 g/mol. The Labute approximate surface area is 101 Å². The molecule has 0 amide bonds. The Morgan fingerprint density at radius 3 is 2.00 bits per heavy atom. The van der Waals surface area contributed by atoms with Crippen LogP contribution in [0, 0.1) is 5.92 Å². The van der Waals surface area contributed by atoms with E-state index in [9.17, 15) is 0 Å². The molecule has 1 rings (SSSR count). The van der Waals surface area contributed by atoms with Crippen LogP contribution in [0.2, 0.25) is 0 Å². The SMILES string of the molecule is CCC1CCC(OC(CC)(CC)CN)CC1. The highest BCUT2D eigenvalue weighted by atomic mass is 16.5. The van der Waals surface area contributed by atoms with Crippen LogP contribution in [0.3, 0.4) is 0 Å². The smallest absolute Gasteiger partial charge is 0.0802 e. The Bertz CT molecular complexity index is 173. The molecule has 16 heavy (non-hydrogen) atoms. The van der Waals surface area contributed by atoms with Crippen LogP contribution < -0.4 is 5.73 Å². The first-order valence-corrected chi connectivity index (χ1v) is 7.07. The second-order valence-electron chi connectivity index (χ2n) is 5.26. The van der Waals surface area contributed by atoms with E-state index in [1.165, 1.54) is 32.1 Å². The van der Waals surface area contributed by atoms with E-state index >= 15 is 0 Å². The summed E-state index contributed by atoms with van der Waals surface area (Å²) in [4.78, 5) is 0. The Kier molecular flexibility index (Phi) is 5.77. The average Bonchev–Trinajstić information content (AvgIpc) is 2.37. The molecular formula is C14H29NO. The highest BCUT2D eigenvalue weighted by Crippen LogP contribution is 2.32. The number of hydrogen-bond donors (Lipinski definition) is 1. The van der Waals surface area contributed by atoms with Crippen molar-refractivity contribution in [1.82, 2.24) is 0 Å². The molecule has 2 heteroatoms. The Hall–Kier alpha value is -0.0800. The molecule has 0 aromatic heterocycles. The third-order valence-electron chi connectivity index (χ3n) is 4.45. The molecule has 0 bridgehead atoms. The molecule has 1 saturated carbocycles. The summed E-state index contributed by atoms with van der Waals surface area (Å²) in [5.74, 6) is 0.940. The number of rotatable bonds is 6. The molecule has 1 aliphatic carbocycles. The maximum absolute atomic E-state index is 6.29. The minimum atomic E-state index is -0.0519. The summed E-state index contributed by atoms with van der Waals surface area (Å²) < 4.78 is 6.29. The first-order valence-electron chi connectivity index (χ1n) is 7.07. The normalized spacial score (nSPS) is 27.0. The lowest BCUT2D eigenvalue weighted by atomic mass is 9.85. The van der Waals surface area contributed by atoms with Crippen molar-refractivity contribution in [3.8, 4) is 0 Å². The topological polar surface area (TPSA) is 35.2 Å². The fourth-order valence-corrected chi connectivity index (χ4v) is 2.76. The molecule has 1 fully saturated rings. The van der Waals surface area contributed by atoms with Crippen LogP contribution in [-0.2, 0) is 4.74 Å². The summed E-state index contributed by atoms with van der Waals surface area (Å²) in [6, 6.07) is 0. The molecule has 0 heterocycles. The van der Waals surface area contributed by atoms with Gasteiger partial charge >= 0.3 is 0 Å². The molecule has 2 N–H and O–H groups in total. The van der Waals surface area contributed by atoms with Crippen LogP contribution in [0.1, 0.15) is 65.7 Å². The van der Waals surface area contributed by atoms with Gasteiger partial charge in [-0.2, -0.15) is 0 Å². The zero-order chi connectivity index (χ0) is 12.0. The molecule has 96 valence electrons. The fourth-order valence-electron chi connectivity index (χ4n) is 2.76. The van der Waals surface area contributed by atoms with Crippen molar-refractivity contribution in [2.75, 3.05) is 6.54 Å².